The van der Waals surface area contributed by atoms with Crippen LogP contribution >= 0.6 is 0 Å². The minimum absolute atomic E-state index is 0.00532. The van der Waals surface area contributed by atoms with Crippen molar-refractivity contribution in [3.63, 3.8) is 0 Å². The molecule has 0 spiro atoms. The highest BCUT2D eigenvalue weighted by molar-refractivity contribution is 5.94. The molecule has 2 aromatic rings. The van der Waals surface area contributed by atoms with Gasteiger partial charge in [-0.15, -0.1) is 0 Å². The topological polar surface area (TPSA) is 55.6 Å². The highest BCUT2D eigenvalue weighted by Crippen LogP contribution is 2.21. The average Bonchev–Trinajstić information content (AvgIpc) is 2.94. The molecular formula is C14H14N2O3. The molecule has 1 amide bonds. The number of hydrogen-bond donors (Lipinski definition) is 0. The number of nitrogens with zero attached hydrogens (tertiary/aromatic N) is 2. The Bertz CT molecular complexity index is 606. The lowest BCUT2D eigenvalue weighted by Crippen LogP contribution is -2.35. The standard InChI is InChI=1S/C14H14N2O3/c1-18-12-4-2-3-10(7-12)14(17)16-6-5-13-11(9-16)8-15-19-13/h2-4,7-8H,5-6,9H2,1H3. The van der Waals surface area contributed by atoms with Crippen LogP contribution in [0.5, 0.6) is 5.75 Å². The highest BCUT2D eigenvalue weighted by atomic mass is 16.5. The van der Waals surface area contributed by atoms with Crippen LogP contribution in [0.2, 0.25) is 0 Å². The predicted molar refractivity (Wildman–Crippen MR) is 67.9 cm³/mol. The number of methoxy groups -OCH3 is 1. The van der Waals surface area contributed by atoms with Crippen molar-refractivity contribution in [1.82, 2.24) is 10.1 Å². The van der Waals surface area contributed by atoms with Gasteiger partial charge < -0.3 is 14.2 Å². The van der Waals surface area contributed by atoms with Crippen LogP contribution in [0.1, 0.15) is 21.7 Å². The zero-order chi connectivity index (χ0) is 13.2. The molecular weight excluding hydrogens is 244 g/mol. The molecule has 0 unspecified atom stereocenters. The Morgan fingerprint density at radius 1 is 1.47 bits per heavy atom. The third-order valence-electron chi connectivity index (χ3n) is 3.30. The van der Waals surface area contributed by atoms with Gasteiger partial charge in [0.05, 0.1) is 19.9 Å². The minimum Gasteiger partial charge on any atom is -0.497 e. The van der Waals surface area contributed by atoms with E-state index in [2.05, 4.69) is 5.16 Å². The van der Waals surface area contributed by atoms with Gasteiger partial charge in [0, 0.05) is 24.1 Å². The maximum Gasteiger partial charge on any atom is 0.254 e. The number of benzene rings is 1. The number of amides is 1. The number of rotatable bonds is 2. The number of carbonyl (C=O) groups excluding carboxylic acids is 1. The van der Waals surface area contributed by atoms with Gasteiger partial charge in [-0.3, -0.25) is 4.79 Å². The number of carbonyl (C=O) groups is 1. The first-order chi connectivity index (χ1) is 9.28. The van der Waals surface area contributed by atoms with E-state index in [1.807, 2.05) is 12.1 Å². The highest BCUT2D eigenvalue weighted by Gasteiger charge is 2.24. The van der Waals surface area contributed by atoms with E-state index in [1.54, 1.807) is 30.3 Å². The summed E-state index contributed by atoms with van der Waals surface area (Å²) in [6, 6.07) is 7.20. The molecule has 3 rings (SSSR count). The molecule has 5 nitrogen and oxygen atoms in total. The number of fused-ring (bicyclic) bond motifs is 1. The summed E-state index contributed by atoms with van der Waals surface area (Å²) in [4.78, 5) is 14.2. The molecule has 0 fully saturated rings. The van der Waals surface area contributed by atoms with Crippen molar-refractivity contribution < 1.29 is 14.1 Å². The van der Waals surface area contributed by atoms with Gasteiger partial charge in [-0.1, -0.05) is 11.2 Å². The van der Waals surface area contributed by atoms with Crippen molar-refractivity contribution in [2.75, 3.05) is 13.7 Å². The summed E-state index contributed by atoms with van der Waals surface area (Å²) in [6.07, 6.45) is 2.39. The molecule has 0 atom stereocenters. The average molecular weight is 258 g/mol. The second-order valence-electron chi connectivity index (χ2n) is 4.48. The maximum atomic E-state index is 12.4. The minimum atomic E-state index is 0.00532. The predicted octanol–water partition coefficient (Wildman–Crippen LogP) is 1.88. The van der Waals surface area contributed by atoms with E-state index >= 15 is 0 Å². The lowest BCUT2D eigenvalue weighted by molar-refractivity contribution is 0.0728. The number of hydrogen-bond acceptors (Lipinski definition) is 4. The van der Waals surface area contributed by atoms with Gasteiger partial charge in [0.1, 0.15) is 11.5 Å². The van der Waals surface area contributed by atoms with E-state index in [4.69, 9.17) is 9.26 Å². The molecule has 0 bridgehead atoms. The number of aromatic nitrogens is 1. The molecule has 0 aliphatic carbocycles. The van der Waals surface area contributed by atoms with Crippen molar-refractivity contribution in [3.05, 3.63) is 47.3 Å². The summed E-state index contributed by atoms with van der Waals surface area (Å²) < 4.78 is 10.3. The van der Waals surface area contributed by atoms with E-state index in [1.165, 1.54) is 0 Å². The van der Waals surface area contributed by atoms with Crippen LogP contribution in [-0.4, -0.2) is 29.6 Å². The van der Waals surface area contributed by atoms with Gasteiger partial charge in [0.2, 0.25) is 0 Å². The van der Waals surface area contributed by atoms with E-state index in [0.29, 0.717) is 30.8 Å². The van der Waals surface area contributed by atoms with Crippen molar-refractivity contribution in [2.45, 2.75) is 13.0 Å². The quantitative estimate of drug-likeness (QED) is 0.825. The number of ether oxygens (including phenoxy) is 1. The Kier molecular flexibility index (Phi) is 2.95. The molecule has 1 aliphatic heterocycles. The molecule has 1 aromatic carbocycles. The van der Waals surface area contributed by atoms with Crippen LogP contribution in [0.4, 0.5) is 0 Å². The fraction of sp³-hybridized carbons (Fsp3) is 0.286. The smallest absolute Gasteiger partial charge is 0.254 e. The maximum absolute atomic E-state index is 12.4. The molecule has 0 saturated carbocycles. The van der Waals surface area contributed by atoms with Crippen LogP contribution < -0.4 is 4.74 Å². The van der Waals surface area contributed by atoms with Crippen LogP contribution in [-0.2, 0) is 13.0 Å². The third kappa shape index (κ3) is 2.19. The monoisotopic (exact) mass is 258 g/mol. The molecule has 98 valence electrons. The molecule has 0 radical (unpaired) electrons. The lowest BCUT2D eigenvalue weighted by Gasteiger charge is -2.25. The Labute approximate surface area is 110 Å². The first kappa shape index (κ1) is 11.8. The van der Waals surface area contributed by atoms with Gasteiger partial charge in [-0.2, -0.15) is 0 Å². The van der Waals surface area contributed by atoms with Crippen molar-refractivity contribution in [3.8, 4) is 5.75 Å². The van der Waals surface area contributed by atoms with Crippen molar-refractivity contribution in [1.29, 1.82) is 0 Å². The van der Waals surface area contributed by atoms with E-state index in [9.17, 15) is 4.79 Å². The second kappa shape index (κ2) is 4.76. The first-order valence-electron chi connectivity index (χ1n) is 6.13. The van der Waals surface area contributed by atoms with Crippen LogP contribution in [0.25, 0.3) is 0 Å². The molecule has 1 aromatic heterocycles. The van der Waals surface area contributed by atoms with Crippen LogP contribution in [0.3, 0.4) is 0 Å². The van der Waals surface area contributed by atoms with Gasteiger partial charge in [-0.25, -0.2) is 0 Å². The molecule has 0 saturated heterocycles. The summed E-state index contributed by atoms with van der Waals surface area (Å²) in [6.45, 7) is 1.20. The van der Waals surface area contributed by atoms with E-state index in [-0.39, 0.29) is 5.91 Å². The molecule has 5 heteroatoms. The zero-order valence-electron chi connectivity index (χ0n) is 10.6. The van der Waals surface area contributed by atoms with Crippen molar-refractivity contribution >= 4 is 5.91 Å². The summed E-state index contributed by atoms with van der Waals surface area (Å²) in [5.41, 5.74) is 1.63. The Morgan fingerprint density at radius 2 is 2.37 bits per heavy atom. The lowest BCUT2D eigenvalue weighted by atomic mass is 10.1. The fourth-order valence-corrected chi connectivity index (χ4v) is 2.25. The zero-order valence-corrected chi connectivity index (χ0v) is 10.6. The summed E-state index contributed by atoms with van der Waals surface area (Å²) in [5, 5.41) is 3.76. The second-order valence-corrected chi connectivity index (χ2v) is 4.48. The SMILES string of the molecule is COc1cccc(C(=O)N2CCc3oncc3C2)c1. The largest absolute Gasteiger partial charge is 0.497 e. The van der Waals surface area contributed by atoms with Crippen LogP contribution in [0, 0.1) is 0 Å². The summed E-state index contributed by atoms with van der Waals surface area (Å²) in [5.74, 6) is 1.58. The Morgan fingerprint density at radius 3 is 3.21 bits per heavy atom. The Hall–Kier alpha value is -2.30. The van der Waals surface area contributed by atoms with Gasteiger partial charge >= 0.3 is 0 Å². The van der Waals surface area contributed by atoms with Crippen molar-refractivity contribution in [2.24, 2.45) is 0 Å². The van der Waals surface area contributed by atoms with Crippen LogP contribution in [0.15, 0.2) is 35.0 Å². The van der Waals surface area contributed by atoms with Gasteiger partial charge in [0.25, 0.3) is 5.91 Å². The summed E-state index contributed by atoms with van der Waals surface area (Å²) in [7, 11) is 1.59. The first-order valence-corrected chi connectivity index (χ1v) is 6.13. The summed E-state index contributed by atoms with van der Waals surface area (Å²) >= 11 is 0. The molecule has 0 N–H and O–H groups in total. The molecule has 2 heterocycles. The van der Waals surface area contributed by atoms with E-state index < -0.39 is 0 Å². The van der Waals surface area contributed by atoms with Gasteiger partial charge in [0.15, 0.2) is 0 Å². The van der Waals surface area contributed by atoms with E-state index in [0.717, 1.165) is 11.3 Å². The Balaban J connectivity index is 1.81. The third-order valence-corrected chi connectivity index (χ3v) is 3.30. The fourth-order valence-electron chi connectivity index (χ4n) is 2.25. The van der Waals surface area contributed by atoms with Gasteiger partial charge in [-0.05, 0) is 18.2 Å². The molecule has 1 aliphatic rings. The molecule has 19 heavy (non-hydrogen) atoms. The normalized spacial score (nSPS) is 14.1.